The van der Waals surface area contributed by atoms with Gasteiger partial charge in [-0.05, 0) is 31.9 Å². The first-order chi connectivity index (χ1) is 5.04. The molecule has 60 valence electrons. The molecule has 0 aromatic carbocycles. The van der Waals surface area contributed by atoms with Crippen LogP contribution in [0.3, 0.4) is 0 Å². The summed E-state index contributed by atoms with van der Waals surface area (Å²) in [6.45, 7) is 0. The molecule has 0 aliphatic heterocycles. The van der Waals surface area contributed by atoms with Crippen molar-refractivity contribution in [2.24, 2.45) is 7.05 Å². The van der Waals surface area contributed by atoms with Gasteiger partial charge in [-0.15, -0.1) is 0 Å². The number of carbonyl (C=O) groups is 1. The average molecular weight is 284 g/mol. The molecule has 0 spiro atoms. The minimum Gasteiger partial charge on any atom is -0.475 e. The highest BCUT2D eigenvalue weighted by molar-refractivity contribution is 9.13. The lowest BCUT2D eigenvalue weighted by Crippen LogP contribution is -2.05. The van der Waals surface area contributed by atoms with Crippen molar-refractivity contribution in [2.75, 3.05) is 0 Å². The van der Waals surface area contributed by atoms with E-state index in [0.717, 1.165) is 0 Å². The van der Waals surface area contributed by atoms with Crippen LogP contribution in [0.4, 0.5) is 0 Å². The number of halogens is 2. The standard InChI is InChI=1S/C5H4Br2N2O2/c1-9-3(7)2(6)8-4(9)5(10)11/h1H3,(H,10,11). The highest BCUT2D eigenvalue weighted by Gasteiger charge is 2.15. The molecule has 0 saturated carbocycles. The summed E-state index contributed by atoms with van der Waals surface area (Å²) < 4.78 is 2.55. The van der Waals surface area contributed by atoms with Crippen molar-refractivity contribution in [3.8, 4) is 0 Å². The van der Waals surface area contributed by atoms with Crippen molar-refractivity contribution >= 4 is 37.8 Å². The Hall–Kier alpha value is -0.360. The van der Waals surface area contributed by atoms with Gasteiger partial charge in [-0.3, -0.25) is 0 Å². The van der Waals surface area contributed by atoms with Crippen molar-refractivity contribution in [1.82, 2.24) is 9.55 Å². The molecule has 0 atom stereocenters. The predicted molar refractivity (Wildman–Crippen MR) is 45.6 cm³/mol. The first kappa shape index (κ1) is 8.73. The van der Waals surface area contributed by atoms with E-state index in [9.17, 15) is 4.79 Å². The number of carboxylic acid groups (broad SMARTS) is 1. The van der Waals surface area contributed by atoms with E-state index in [-0.39, 0.29) is 5.82 Å². The van der Waals surface area contributed by atoms with Gasteiger partial charge in [0, 0.05) is 7.05 Å². The maximum Gasteiger partial charge on any atom is 0.372 e. The molecule has 0 bridgehead atoms. The molecule has 0 fully saturated rings. The fraction of sp³-hybridized carbons (Fsp3) is 0.200. The molecule has 1 heterocycles. The zero-order valence-electron chi connectivity index (χ0n) is 5.51. The van der Waals surface area contributed by atoms with E-state index in [1.54, 1.807) is 7.05 Å². The fourth-order valence-corrected chi connectivity index (χ4v) is 1.33. The van der Waals surface area contributed by atoms with E-state index in [1.165, 1.54) is 4.57 Å². The summed E-state index contributed by atoms with van der Waals surface area (Å²) >= 11 is 6.25. The van der Waals surface area contributed by atoms with Gasteiger partial charge in [0.2, 0.25) is 5.82 Å². The monoisotopic (exact) mass is 282 g/mol. The third-order valence-corrected chi connectivity index (χ3v) is 3.17. The smallest absolute Gasteiger partial charge is 0.372 e. The van der Waals surface area contributed by atoms with Crippen molar-refractivity contribution < 1.29 is 9.90 Å². The third-order valence-electron chi connectivity index (χ3n) is 1.18. The van der Waals surface area contributed by atoms with Gasteiger partial charge in [-0.1, -0.05) is 0 Å². The van der Waals surface area contributed by atoms with Crippen molar-refractivity contribution in [3.05, 3.63) is 15.0 Å². The Balaban J connectivity index is 3.29. The number of aromatic carboxylic acids is 1. The van der Waals surface area contributed by atoms with Gasteiger partial charge in [0.05, 0.1) is 0 Å². The largest absolute Gasteiger partial charge is 0.475 e. The highest BCUT2D eigenvalue weighted by atomic mass is 79.9. The van der Waals surface area contributed by atoms with Crippen molar-refractivity contribution in [2.45, 2.75) is 0 Å². The molecule has 1 N–H and O–H groups in total. The number of carboxylic acids is 1. The number of rotatable bonds is 1. The van der Waals surface area contributed by atoms with E-state index in [2.05, 4.69) is 36.8 Å². The van der Waals surface area contributed by atoms with Gasteiger partial charge in [-0.2, -0.15) is 0 Å². The first-order valence-electron chi connectivity index (χ1n) is 2.65. The lowest BCUT2D eigenvalue weighted by molar-refractivity contribution is 0.0679. The van der Waals surface area contributed by atoms with E-state index >= 15 is 0 Å². The minimum atomic E-state index is -1.04. The van der Waals surface area contributed by atoms with Gasteiger partial charge in [-0.25, -0.2) is 9.78 Å². The Kier molecular flexibility index (Phi) is 2.34. The molecule has 0 aliphatic carbocycles. The molecular formula is C5H4Br2N2O2. The van der Waals surface area contributed by atoms with Crippen LogP contribution in [0.2, 0.25) is 0 Å². The molecule has 1 rings (SSSR count). The first-order valence-corrected chi connectivity index (χ1v) is 4.23. The minimum absolute atomic E-state index is 0.00347. The van der Waals surface area contributed by atoms with E-state index in [4.69, 9.17) is 5.11 Å². The second-order valence-corrected chi connectivity index (χ2v) is 3.38. The summed E-state index contributed by atoms with van der Waals surface area (Å²) in [7, 11) is 1.62. The lowest BCUT2D eigenvalue weighted by atomic mass is 10.6. The highest BCUT2D eigenvalue weighted by Crippen LogP contribution is 2.22. The van der Waals surface area contributed by atoms with Crippen LogP contribution in [0.1, 0.15) is 10.6 Å². The molecule has 0 radical (unpaired) electrons. The van der Waals surface area contributed by atoms with Gasteiger partial charge in [0.25, 0.3) is 0 Å². The summed E-state index contributed by atoms with van der Waals surface area (Å²) in [6, 6.07) is 0. The Bertz CT molecular complexity index is 308. The van der Waals surface area contributed by atoms with Crippen molar-refractivity contribution in [1.29, 1.82) is 0 Å². The summed E-state index contributed by atoms with van der Waals surface area (Å²) in [5.74, 6) is -1.04. The number of hydrogen-bond acceptors (Lipinski definition) is 2. The van der Waals surface area contributed by atoms with Crippen LogP contribution in [0.25, 0.3) is 0 Å². The van der Waals surface area contributed by atoms with Gasteiger partial charge in [0.1, 0.15) is 9.21 Å². The molecule has 1 aromatic rings. The van der Waals surface area contributed by atoms with Crippen LogP contribution >= 0.6 is 31.9 Å². The molecule has 0 saturated heterocycles. The summed E-state index contributed by atoms with van der Waals surface area (Å²) in [5, 5.41) is 8.58. The normalized spacial score (nSPS) is 10.1. The Labute approximate surface area is 79.5 Å². The number of aromatic nitrogens is 2. The molecule has 11 heavy (non-hydrogen) atoms. The topological polar surface area (TPSA) is 55.1 Å². The Morgan fingerprint density at radius 2 is 2.18 bits per heavy atom. The number of nitrogens with zero attached hydrogens (tertiary/aromatic N) is 2. The zero-order chi connectivity index (χ0) is 8.59. The average Bonchev–Trinajstić information content (AvgIpc) is 2.17. The molecule has 0 unspecified atom stereocenters. The van der Waals surface area contributed by atoms with Crippen LogP contribution in [-0.2, 0) is 7.05 Å². The fourth-order valence-electron chi connectivity index (χ4n) is 0.637. The third kappa shape index (κ3) is 1.46. The molecule has 4 nitrogen and oxygen atoms in total. The molecule has 1 aromatic heterocycles. The summed E-state index contributed by atoms with van der Waals surface area (Å²) in [4.78, 5) is 14.2. The Morgan fingerprint density at radius 1 is 1.64 bits per heavy atom. The van der Waals surface area contributed by atoms with Gasteiger partial charge in [0.15, 0.2) is 0 Å². The Morgan fingerprint density at radius 3 is 2.36 bits per heavy atom. The van der Waals surface area contributed by atoms with E-state index in [1.807, 2.05) is 0 Å². The van der Waals surface area contributed by atoms with Crippen LogP contribution in [0, 0.1) is 0 Å². The number of imidazole rings is 1. The second-order valence-electron chi connectivity index (χ2n) is 1.88. The number of hydrogen-bond donors (Lipinski definition) is 1. The zero-order valence-corrected chi connectivity index (χ0v) is 8.68. The SMILES string of the molecule is Cn1c(C(=O)O)nc(Br)c1Br. The maximum absolute atomic E-state index is 10.5. The van der Waals surface area contributed by atoms with Crippen LogP contribution in [-0.4, -0.2) is 20.6 Å². The van der Waals surface area contributed by atoms with Gasteiger partial charge >= 0.3 is 5.97 Å². The summed E-state index contributed by atoms with van der Waals surface area (Å²) in [6.07, 6.45) is 0. The van der Waals surface area contributed by atoms with Crippen LogP contribution in [0.5, 0.6) is 0 Å². The predicted octanol–water partition coefficient (Wildman–Crippen LogP) is 1.64. The molecule has 6 heteroatoms. The maximum atomic E-state index is 10.5. The van der Waals surface area contributed by atoms with Gasteiger partial charge < -0.3 is 9.67 Å². The van der Waals surface area contributed by atoms with E-state index < -0.39 is 5.97 Å². The van der Waals surface area contributed by atoms with E-state index in [0.29, 0.717) is 9.21 Å². The molecule has 0 aliphatic rings. The van der Waals surface area contributed by atoms with Crippen LogP contribution in [0.15, 0.2) is 9.21 Å². The van der Waals surface area contributed by atoms with Crippen LogP contribution < -0.4 is 0 Å². The lowest BCUT2D eigenvalue weighted by Gasteiger charge is -1.94. The molecular weight excluding hydrogens is 280 g/mol. The second kappa shape index (κ2) is 2.94. The van der Waals surface area contributed by atoms with Crippen molar-refractivity contribution in [3.63, 3.8) is 0 Å². The quantitative estimate of drug-likeness (QED) is 0.853. The molecule has 0 amide bonds. The summed E-state index contributed by atoms with van der Waals surface area (Å²) in [5.41, 5.74) is 0.